The number of aryl methyl sites for hydroxylation is 1. The van der Waals surface area contributed by atoms with Crippen molar-refractivity contribution in [2.24, 2.45) is 0 Å². The molecule has 0 aliphatic rings. The topological polar surface area (TPSA) is 28.7 Å². The summed E-state index contributed by atoms with van der Waals surface area (Å²) in [5.41, 5.74) is 3.98. The van der Waals surface area contributed by atoms with Gasteiger partial charge in [-0.15, -0.1) is 0 Å². The fourth-order valence-electron chi connectivity index (χ4n) is 1.92. The molecule has 2 nitrogen and oxygen atoms in total. The van der Waals surface area contributed by atoms with Gasteiger partial charge in [-0.05, 0) is 30.5 Å². The van der Waals surface area contributed by atoms with Crippen molar-refractivity contribution in [3.63, 3.8) is 0 Å². The van der Waals surface area contributed by atoms with Gasteiger partial charge in [-0.3, -0.25) is 0 Å². The van der Waals surface area contributed by atoms with Crippen LogP contribution in [0, 0.1) is 6.92 Å². The van der Waals surface area contributed by atoms with E-state index in [1.54, 1.807) is 17.4 Å². The molecule has 2 aromatic heterocycles. The SMILES string of the molecule is Cc1[nH]c(-c2ccsc2)nc1-c1ccc(Cl)c(Cl)c1. The Kier molecular flexibility index (Phi) is 3.35. The molecule has 0 spiro atoms. The molecule has 0 bridgehead atoms. The van der Waals surface area contributed by atoms with Crippen LogP contribution in [0.25, 0.3) is 22.6 Å². The van der Waals surface area contributed by atoms with Crippen LogP contribution >= 0.6 is 34.5 Å². The van der Waals surface area contributed by atoms with Crippen molar-refractivity contribution in [2.75, 3.05) is 0 Å². The first-order valence-corrected chi connectivity index (χ1v) is 7.39. The molecule has 5 heteroatoms. The highest BCUT2D eigenvalue weighted by Crippen LogP contribution is 2.31. The second kappa shape index (κ2) is 5.00. The van der Waals surface area contributed by atoms with Gasteiger partial charge in [0.05, 0.1) is 15.7 Å². The molecule has 2 heterocycles. The van der Waals surface area contributed by atoms with E-state index in [0.29, 0.717) is 10.0 Å². The summed E-state index contributed by atoms with van der Waals surface area (Å²) < 4.78 is 0. The highest BCUT2D eigenvalue weighted by Gasteiger charge is 2.11. The van der Waals surface area contributed by atoms with Crippen molar-refractivity contribution >= 4 is 34.5 Å². The Morgan fingerprint density at radius 2 is 1.95 bits per heavy atom. The van der Waals surface area contributed by atoms with E-state index in [0.717, 1.165) is 28.3 Å². The Bertz CT molecular complexity index is 717. The van der Waals surface area contributed by atoms with Crippen LogP contribution in [-0.2, 0) is 0 Å². The maximum Gasteiger partial charge on any atom is 0.139 e. The largest absolute Gasteiger partial charge is 0.342 e. The van der Waals surface area contributed by atoms with Gasteiger partial charge in [0, 0.05) is 22.2 Å². The molecule has 0 aliphatic heterocycles. The highest BCUT2D eigenvalue weighted by atomic mass is 35.5. The monoisotopic (exact) mass is 308 g/mol. The summed E-state index contributed by atoms with van der Waals surface area (Å²) >= 11 is 13.6. The number of hydrogen-bond donors (Lipinski definition) is 1. The molecule has 1 N–H and O–H groups in total. The molecule has 0 unspecified atom stereocenters. The van der Waals surface area contributed by atoms with Crippen molar-refractivity contribution in [3.8, 4) is 22.6 Å². The van der Waals surface area contributed by atoms with Gasteiger partial charge in [-0.1, -0.05) is 29.3 Å². The van der Waals surface area contributed by atoms with Crippen LogP contribution in [0.4, 0.5) is 0 Å². The molecule has 0 saturated heterocycles. The zero-order valence-electron chi connectivity index (χ0n) is 10.1. The van der Waals surface area contributed by atoms with Crippen molar-refractivity contribution in [1.29, 1.82) is 0 Å². The Hall–Kier alpha value is -1.29. The van der Waals surface area contributed by atoms with Crippen molar-refractivity contribution in [3.05, 3.63) is 50.8 Å². The van der Waals surface area contributed by atoms with Crippen LogP contribution in [0.5, 0.6) is 0 Å². The zero-order valence-corrected chi connectivity index (χ0v) is 12.4. The molecule has 0 radical (unpaired) electrons. The average molecular weight is 309 g/mol. The van der Waals surface area contributed by atoms with Crippen LogP contribution in [-0.4, -0.2) is 9.97 Å². The molecule has 0 aliphatic carbocycles. The van der Waals surface area contributed by atoms with E-state index in [2.05, 4.69) is 15.3 Å². The van der Waals surface area contributed by atoms with Crippen molar-refractivity contribution in [1.82, 2.24) is 9.97 Å². The molecule has 96 valence electrons. The number of aromatic nitrogens is 2. The van der Waals surface area contributed by atoms with E-state index in [4.69, 9.17) is 23.2 Å². The molecule has 0 fully saturated rings. The number of benzene rings is 1. The minimum absolute atomic E-state index is 0.540. The van der Waals surface area contributed by atoms with Gasteiger partial charge in [-0.2, -0.15) is 11.3 Å². The van der Waals surface area contributed by atoms with E-state index < -0.39 is 0 Å². The van der Waals surface area contributed by atoms with Crippen LogP contribution in [0.1, 0.15) is 5.69 Å². The number of nitrogens with zero attached hydrogens (tertiary/aromatic N) is 1. The van der Waals surface area contributed by atoms with Crippen molar-refractivity contribution in [2.45, 2.75) is 6.92 Å². The van der Waals surface area contributed by atoms with E-state index in [1.807, 2.05) is 30.5 Å². The lowest BCUT2D eigenvalue weighted by atomic mass is 10.1. The van der Waals surface area contributed by atoms with Gasteiger partial charge in [0.25, 0.3) is 0 Å². The highest BCUT2D eigenvalue weighted by molar-refractivity contribution is 7.08. The molecule has 3 rings (SSSR count). The first-order valence-electron chi connectivity index (χ1n) is 5.70. The summed E-state index contributed by atoms with van der Waals surface area (Å²) in [6, 6.07) is 7.60. The predicted octanol–water partition coefficient (Wildman–Crippen LogP) is 5.42. The number of imidazole rings is 1. The lowest BCUT2D eigenvalue weighted by molar-refractivity contribution is 1.26. The smallest absolute Gasteiger partial charge is 0.139 e. The quantitative estimate of drug-likeness (QED) is 0.672. The first-order chi connectivity index (χ1) is 9.15. The molecule has 3 aromatic rings. The fourth-order valence-corrected chi connectivity index (χ4v) is 2.86. The van der Waals surface area contributed by atoms with E-state index >= 15 is 0 Å². The van der Waals surface area contributed by atoms with Gasteiger partial charge >= 0.3 is 0 Å². The lowest BCUT2D eigenvalue weighted by Crippen LogP contribution is -1.81. The fraction of sp³-hybridized carbons (Fsp3) is 0.0714. The minimum atomic E-state index is 0.540. The zero-order chi connectivity index (χ0) is 13.4. The number of nitrogens with one attached hydrogen (secondary N) is 1. The molecular weight excluding hydrogens is 299 g/mol. The standard InChI is InChI=1S/C14H10Cl2N2S/c1-8-13(9-2-3-11(15)12(16)6-9)18-14(17-8)10-4-5-19-7-10/h2-7H,1H3,(H,17,18). The summed E-state index contributed by atoms with van der Waals surface area (Å²) in [4.78, 5) is 7.94. The third-order valence-electron chi connectivity index (χ3n) is 2.87. The third-order valence-corrected chi connectivity index (χ3v) is 4.29. The summed E-state index contributed by atoms with van der Waals surface area (Å²) in [5.74, 6) is 0.875. The van der Waals surface area contributed by atoms with Crippen LogP contribution in [0.3, 0.4) is 0 Å². The van der Waals surface area contributed by atoms with E-state index in [1.165, 1.54) is 0 Å². The van der Waals surface area contributed by atoms with E-state index in [9.17, 15) is 0 Å². The summed E-state index contributed by atoms with van der Waals surface area (Å²) in [6.07, 6.45) is 0. The Morgan fingerprint density at radius 1 is 1.11 bits per heavy atom. The van der Waals surface area contributed by atoms with Crippen molar-refractivity contribution < 1.29 is 0 Å². The third kappa shape index (κ3) is 2.41. The predicted molar refractivity (Wildman–Crippen MR) is 82.1 cm³/mol. The molecule has 1 aromatic carbocycles. The normalized spacial score (nSPS) is 10.9. The number of H-pyrrole nitrogens is 1. The Labute approximate surface area is 125 Å². The summed E-state index contributed by atoms with van der Waals surface area (Å²) in [5, 5.41) is 5.19. The second-order valence-corrected chi connectivity index (χ2v) is 5.79. The average Bonchev–Trinajstić information content (AvgIpc) is 3.01. The maximum absolute atomic E-state index is 6.05. The lowest BCUT2D eigenvalue weighted by Gasteiger charge is -2.01. The molecule has 0 saturated carbocycles. The summed E-state index contributed by atoms with van der Waals surface area (Å²) in [6.45, 7) is 2.00. The van der Waals surface area contributed by atoms with Gasteiger partial charge in [-0.25, -0.2) is 4.98 Å². The second-order valence-electron chi connectivity index (χ2n) is 4.20. The number of halogens is 2. The van der Waals surface area contributed by atoms with E-state index in [-0.39, 0.29) is 0 Å². The van der Waals surface area contributed by atoms with Crippen LogP contribution in [0.15, 0.2) is 35.0 Å². The number of rotatable bonds is 2. The molecule has 0 atom stereocenters. The Morgan fingerprint density at radius 3 is 2.63 bits per heavy atom. The first kappa shape index (κ1) is 12.7. The minimum Gasteiger partial charge on any atom is -0.342 e. The van der Waals surface area contributed by atoms with Crippen LogP contribution < -0.4 is 0 Å². The van der Waals surface area contributed by atoms with Gasteiger partial charge in [0.1, 0.15) is 5.82 Å². The van der Waals surface area contributed by atoms with Gasteiger partial charge in [0.15, 0.2) is 0 Å². The van der Waals surface area contributed by atoms with Gasteiger partial charge in [0.2, 0.25) is 0 Å². The van der Waals surface area contributed by atoms with Gasteiger partial charge < -0.3 is 4.98 Å². The molecule has 19 heavy (non-hydrogen) atoms. The molecule has 0 amide bonds. The number of aromatic amines is 1. The molecular formula is C14H10Cl2N2S. The van der Waals surface area contributed by atoms with Crippen LogP contribution in [0.2, 0.25) is 10.0 Å². The number of thiophene rings is 1. The maximum atomic E-state index is 6.05. The Balaban J connectivity index is 2.08. The number of hydrogen-bond acceptors (Lipinski definition) is 2. The summed E-state index contributed by atoms with van der Waals surface area (Å²) in [7, 11) is 0.